The highest BCUT2D eigenvalue weighted by atomic mass is 19.3. The van der Waals surface area contributed by atoms with E-state index < -0.39 is 41.5 Å². The molecule has 2 bridgehead atoms. The molecule has 3 saturated heterocycles. The molecule has 0 aromatic heterocycles. The largest absolute Gasteiger partial charge is 0.461 e. The fourth-order valence-corrected chi connectivity index (χ4v) is 3.15. The number of alkyl carbamates (subject to hydrolysis) is 1. The van der Waals surface area contributed by atoms with Crippen LogP contribution in [0.4, 0.5) is 13.6 Å². The monoisotopic (exact) mass is 445 g/mol. The van der Waals surface area contributed by atoms with Crippen molar-refractivity contribution in [3.8, 4) is 0 Å². The van der Waals surface area contributed by atoms with Crippen LogP contribution in [0.2, 0.25) is 0 Å². The molecule has 0 unspecified atom stereocenters. The summed E-state index contributed by atoms with van der Waals surface area (Å²) >= 11 is 0. The van der Waals surface area contributed by atoms with Crippen LogP contribution >= 0.6 is 0 Å². The lowest BCUT2D eigenvalue weighted by Gasteiger charge is -2.53. The highest BCUT2D eigenvalue weighted by molar-refractivity contribution is 5.78. The van der Waals surface area contributed by atoms with Gasteiger partial charge in [0.1, 0.15) is 12.6 Å². The maximum absolute atomic E-state index is 14.6. The Morgan fingerprint density at radius 3 is 2.29 bits per heavy atom. The number of rotatable bonds is 8. The second kappa shape index (κ2) is 9.03. The van der Waals surface area contributed by atoms with Gasteiger partial charge < -0.3 is 34.1 Å². The second-order valence-corrected chi connectivity index (χ2v) is 7.75. The number of nitrogens with one attached hydrogen (secondary N) is 1. The van der Waals surface area contributed by atoms with Gasteiger partial charge in [0.2, 0.25) is 0 Å². The standard InChI is InChI=1S/C20H25F2NO8/c1-3-27-16(25)19(21,22)15(24)14(20-29-10-18(2,11-30-20)12-31-20)23-17(26)28-9-13-7-5-4-6-8-13/h4-8,14-15,24H,3,9-12H2,1-2H3,(H,23,26)/t14-,15+,18?,20?/m1/s1. The number of carbonyl (C=O) groups excluding carboxylic acids is 2. The number of aliphatic hydroxyl groups is 1. The first kappa shape index (κ1) is 23.3. The van der Waals surface area contributed by atoms with E-state index in [-0.39, 0.29) is 33.0 Å². The zero-order chi connectivity index (χ0) is 22.7. The Balaban J connectivity index is 1.79. The molecule has 1 amide bonds. The zero-order valence-corrected chi connectivity index (χ0v) is 17.1. The molecular formula is C20H25F2NO8. The van der Waals surface area contributed by atoms with Crippen LogP contribution in [-0.4, -0.2) is 67.6 Å². The summed E-state index contributed by atoms with van der Waals surface area (Å²) in [4.78, 5) is 24.1. The molecule has 0 saturated carbocycles. The number of benzene rings is 1. The number of halogens is 2. The molecule has 3 aliphatic rings. The minimum absolute atomic E-state index is 0.0714. The van der Waals surface area contributed by atoms with E-state index in [9.17, 15) is 23.5 Å². The molecule has 9 nitrogen and oxygen atoms in total. The summed E-state index contributed by atoms with van der Waals surface area (Å²) in [6.45, 7) is 2.87. The SMILES string of the molecule is CCOC(=O)C(F)(F)[C@@H](O)[C@@H](NC(=O)OCc1ccccc1)C12OCC(C)(CO1)CO2. The van der Waals surface area contributed by atoms with E-state index in [1.807, 2.05) is 0 Å². The molecule has 1 aromatic carbocycles. The third kappa shape index (κ3) is 4.95. The number of hydrogen-bond donors (Lipinski definition) is 2. The lowest BCUT2D eigenvalue weighted by molar-refractivity contribution is -0.480. The number of esters is 1. The number of fused-ring (bicyclic) bond motifs is 3. The van der Waals surface area contributed by atoms with Gasteiger partial charge in [-0.1, -0.05) is 37.3 Å². The highest BCUT2D eigenvalue weighted by Crippen LogP contribution is 2.42. The summed E-state index contributed by atoms with van der Waals surface area (Å²) in [5.74, 6) is -8.57. The van der Waals surface area contributed by atoms with Crippen molar-refractivity contribution in [3.05, 3.63) is 35.9 Å². The normalized spacial score (nSPS) is 27.3. The van der Waals surface area contributed by atoms with Crippen molar-refractivity contribution in [1.29, 1.82) is 0 Å². The van der Waals surface area contributed by atoms with E-state index in [0.717, 1.165) is 0 Å². The average Bonchev–Trinajstić information content (AvgIpc) is 2.77. The van der Waals surface area contributed by atoms with Crippen LogP contribution in [0.5, 0.6) is 0 Å². The van der Waals surface area contributed by atoms with Crippen molar-refractivity contribution in [1.82, 2.24) is 5.32 Å². The number of carbonyl (C=O) groups is 2. The number of ether oxygens (including phenoxy) is 5. The fraction of sp³-hybridized carbons (Fsp3) is 0.600. The third-order valence-corrected chi connectivity index (χ3v) is 4.97. The van der Waals surface area contributed by atoms with E-state index >= 15 is 0 Å². The molecule has 2 N–H and O–H groups in total. The molecule has 3 fully saturated rings. The summed E-state index contributed by atoms with van der Waals surface area (Å²) in [5, 5.41) is 12.6. The van der Waals surface area contributed by atoms with Crippen LogP contribution in [0.15, 0.2) is 30.3 Å². The highest BCUT2D eigenvalue weighted by Gasteiger charge is 2.64. The van der Waals surface area contributed by atoms with Gasteiger partial charge in [-0.25, -0.2) is 9.59 Å². The molecule has 11 heteroatoms. The Morgan fingerprint density at radius 2 is 1.74 bits per heavy atom. The topological polar surface area (TPSA) is 113 Å². The van der Waals surface area contributed by atoms with Gasteiger partial charge >= 0.3 is 24.0 Å². The predicted molar refractivity (Wildman–Crippen MR) is 99.8 cm³/mol. The molecule has 3 heterocycles. The Hall–Kier alpha value is -2.34. The first-order chi connectivity index (χ1) is 14.6. The number of hydrogen-bond acceptors (Lipinski definition) is 8. The first-order valence-corrected chi connectivity index (χ1v) is 9.74. The van der Waals surface area contributed by atoms with E-state index in [4.69, 9.17) is 18.9 Å². The van der Waals surface area contributed by atoms with Crippen molar-refractivity contribution in [3.63, 3.8) is 0 Å². The van der Waals surface area contributed by atoms with Crippen LogP contribution in [-0.2, 0) is 35.1 Å². The second-order valence-electron chi connectivity index (χ2n) is 7.75. The third-order valence-electron chi connectivity index (χ3n) is 4.97. The molecule has 2 atom stereocenters. The van der Waals surface area contributed by atoms with Crippen molar-refractivity contribution >= 4 is 12.1 Å². The van der Waals surface area contributed by atoms with Gasteiger partial charge in [-0.3, -0.25) is 0 Å². The van der Waals surface area contributed by atoms with Gasteiger partial charge in [-0.15, -0.1) is 0 Å². The minimum atomic E-state index is -4.39. The molecular weight excluding hydrogens is 420 g/mol. The summed E-state index contributed by atoms with van der Waals surface area (Å²) in [5.41, 5.74) is 0.147. The summed E-state index contributed by atoms with van der Waals surface area (Å²) in [6, 6.07) is 6.65. The Kier molecular flexibility index (Phi) is 6.79. The van der Waals surface area contributed by atoms with Crippen LogP contribution < -0.4 is 5.32 Å². The Morgan fingerprint density at radius 1 is 1.16 bits per heavy atom. The van der Waals surface area contributed by atoms with Crippen LogP contribution in [0.25, 0.3) is 0 Å². The van der Waals surface area contributed by atoms with Gasteiger partial charge in [0, 0.05) is 5.41 Å². The fourth-order valence-electron chi connectivity index (χ4n) is 3.15. The molecule has 0 radical (unpaired) electrons. The predicted octanol–water partition coefficient (Wildman–Crippen LogP) is 1.58. The van der Waals surface area contributed by atoms with E-state index in [1.54, 1.807) is 37.3 Å². The number of aliphatic hydroxyl groups excluding tert-OH is 1. The Labute approximate surface area is 177 Å². The van der Waals surface area contributed by atoms with Gasteiger partial charge in [0.15, 0.2) is 6.10 Å². The maximum atomic E-state index is 14.6. The minimum Gasteiger partial charge on any atom is -0.461 e. The van der Waals surface area contributed by atoms with E-state index in [2.05, 4.69) is 10.1 Å². The van der Waals surface area contributed by atoms with Gasteiger partial charge in [0.25, 0.3) is 0 Å². The van der Waals surface area contributed by atoms with Gasteiger partial charge in [-0.2, -0.15) is 8.78 Å². The molecule has 0 spiro atoms. The molecule has 1 aromatic rings. The lowest BCUT2D eigenvalue weighted by atomic mass is 9.90. The quantitative estimate of drug-likeness (QED) is 0.580. The maximum Gasteiger partial charge on any atom is 0.408 e. The van der Waals surface area contributed by atoms with Crippen LogP contribution in [0, 0.1) is 5.41 Å². The van der Waals surface area contributed by atoms with Gasteiger partial charge in [-0.05, 0) is 12.5 Å². The van der Waals surface area contributed by atoms with Crippen molar-refractivity contribution in [2.24, 2.45) is 5.41 Å². The summed E-state index contributed by atoms with van der Waals surface area (Å²) in [7, 11) is 0. The smallest absolute Gasteiger partial charge is 0.408 e. The number of alkyl halides is 2. The first-order valence-electron chi connectivity index (χ1n) is 9.74. The van der Waals surface area contributed by atoms with E-state index in [0.29, 0.717) is 5.56 Å². The molecule has 31 heavy (non-hydrogen) atoms. The van der Waals surface area contributed by atoms with Crippen molar-refractivity contribution in [2.45, 2.75) is 44.5 Å². The Bertz CT molecular complexity index is 766. The molecule has 4 rings (SSSR count). The van der Waals surface area contributed by atoms with Crippen molar-refractivity contribution < 1.29 is 47.2 Å². The summed E-state index contributed by atoms with van der Waals surface area (Å²) < 4.78 is 55.1. The average molecular weight is 445 g/mol. The molecule has 3 aliphatic heterocycles. The molecule has 172 valence electrons. The van der Waals surface area contributed by atoms with Gasteiger partial charge in [0.05, 0.1) is 26.4 Å². The summed E-state index contributed by atoms with van der Waals surface area (Å²) in [6.07, 6.45) is -3.94. The number of amides is 1. The van der Waals surface area contributed by atoms with Crippen LogP contribution in [0.1, 0.15) is 19.4 Å². The lowest BCUT2D eigenvalue weighted by Crippen LogP contribution is -2.72. The zero-order valence-electron chi connectivity index (χ0n) is 17.1. The van der Waals surface area contributed by atoms with Crippen LogP contribution in [0.3, 0.4) is 0 Å². The molecule has 0 aliphatic carbocycles. The van der Waals surface area contributed by atoms with Crippen molar-refractivity contribution in [2.75, 3.05) is 26.4 Å². The van der Waals surface area contributed by atoms with E-state index in [1.165, 1.54) is 6.92 Å².